The zero-order valence-electron chi connectivity index (χ0n) is 14.0. The van der Waals surface area contributed by atoms with Gasteiger partial charge in [-0.2, -0.15) is 0 Å². The Hall–Kier alpha value is -1.98. The highest BCUT2D eigenvalue weighted by Gasteiger charge is 2.27. The van der Waals surface area contributed by atoms with Gasteiger partial charge < -0.3 is 20.5 Å². The number of ether oxygens (including phenoxy) is 2. The maximum atomic E-state index is 11.8. The summed E-state index contributed by atoms with van der Waals surface area (Å²) in [6, 6.07) is 2.16. The molecule has 0 unspecified atom stereocenters. The van der Waals surface area contributed by atoms with Gasteiger partial charge in [-0.15, -0.1) is 0 Å². The first kappa shape index (κ1) is 17.4. The summed E-state index contributed by atoms with van der Waals surface area (Å²) < 4.78 is 10.7. The maximum absolute atomic E-state index is 11.8. The zero-order chi connectivity index (χ0) is 16.7. The molecule has 0 aliphatic heterocycles. The summed E-state index contributed by atoms with van der Waals surface area (Å²) in [5.41, 5.74) is 7.46. The van der Waals surface area contributed by atoms with Crippen LogP contribution in [0.1, 0.15) is 46.0 Å². The molecule has 128 valence electrons. The number of aromatic nitrogens is 1. The molecule has 1 fully saturated rings. The number of hydrogen-bond donors (Lipinski definition) is 2. The molecule has 1 aliphatic rings. The third-order valence-electron chi connectivity index (χ3n) is 4.07. The molecular weight excluding hydrogens is 294 g/mol. The Labute approximate surface area is 137 Å². The SMILES string of the molecule is CCCOc1cc(N[C@H]2CC[C@@H](C(=O)OCC)CC2)c(N)cn1. The number of nitrogens with one attached hydrogen (secondary N) is 1. The van der Waals surface area contributed by atoms with E-state index in [0.717, 1.165) is 37.8 Å². The van der Waals surface area contributed by atoms with Crippen LogP contribution in [0.2, 0.25) is 0 Å². The van der Waals surface area contributed by atoms with Crippen molar-refractivity contribution in [2.75, 3.05) is 24.3 Å². The highest BCUT2D eigenvalue weighted by Crippen LogP contribution is 2.30. The molecule has 0 atom stereocenters. The second-order valence-corrected chi connectivity index (χ2v) is 5.90. The van der Waals surface area contributed by atoms with Gasteiger partial charge in [-0.1, -0.05) is 6.92 Å². The van der Waals surface area contributed by atoms with Crippen molar-refractivity contribution >= 4 is 17.3 Å². The highest BCUT2D eigenvalue weighted by molar-refractivity contribution is 5.72. The zero-order valence-corrected chi connectivity index (χ0v) is 14.0. The van der Waals surface area contributed by atoms with E-state index >= 15 is 0 Å². The number of nitrogens with zero attached hydrogens (tertiary/aromatic N) is 1. The fourth-order valence-electron chi connectivity index (χ4n) is 2.81. The first-order chi connectivity index (χ1) is 11.1. The quantitative estimate of drug-likeness (QED) is 0.751. The third-order valence-corrected chi connectivity index (χ3v) is 4.07. The summed E-state index contributed by atoms with van der Waals surface area (Å²) in [6.07, 6.45) is 6.11. The van der Waals surface area contributed by atoms with Crippen LogP contribution >= 0.6 is 0 Å². The van der Waals surface area contributed by atoms with Crippen molar-refractivity contribution < 1.29 is 14.3 Å². The lowest BCUT2D eigenvalue weighted by atomic mass is 9.86. The Balaban J connectivity index is 1.89. The van der Waals surface area contributed by atoms with Crippen LogP contribution in [0.5, 0.6) is 5.88 Å². The predicted octanol–water partition coefficient (Wildman–Crippen LogP) is 2.99. The van der Waals surface area contributed by atoms with Gasteiger partial charge in [0, 0.05) is 12.1 Å². The van der Waals surface area contributed by atoms with Gasteiger partial charge in [-0.3, -0.25) is 4.79 Å². The number of hydrogen-bond acceptors (Lipinski definition) is 6. The van der Waals surface area contributed by atoms with Crippen molar-refractivity contribution in [2.24, 2.45) is 5.92 Å². The molecule has 6 heteroatoms. The van der Waals surface area contributed by atoms with Crippen LogP contribution in [0.4, 0.5) is 11.4 Å². The van der Waals surface area contributed by atoms with Crippen molar-refractivity contribution in [3.63, 3.8) is 0 Å². The van der Waals surface area contributed by atoms with Crippen molar-refractivity contribution in [1.29, 1.82) is 0 Å². The summed E-state index contributed by atoms with van der Waals surface area (Å²) in [4.78, 5) is 16.0. The van der Waals surface area contributed by atoms with Crippen LogP contribution in [-0.2, 0) is 9.53 Å². The van der Waals surface area contributed by atoms with Crippen molar-refractivity contribution in [3.05, 3.63) is 12.3 Å². The molecule has 1 heterocycles. The standard InChI is InChI=1S/C17H27N3O3/c1-3-9-23-16-10-15(14(18)11-19-16)20-13-7-5-12(6-8-13)17(21)22-4-2/h10-13H,3-9,18H2,1-2H3,(H,19,20)/t12-,13+. The first-order valence-corrected chi connectivity index (χ1v) is 8.45. The van der Waals surface area contributed by atoms with Gasteiger partial charge in [0.25, 0.3) is 0 Å². The minimum Gasteiger partial charge on any atom is -0.478 e. The normalized spacial score (nSPS) is 20.8. The van der Waals surface area contributed by atoms with E-state index in [4.69, 9.17) is 15.2 Å². The molecule has 0 bridgehead atoms. The number of carbonyl (C=O) groups is 1. The van der Waals surface area contributed by atoms with Gasteiger partial charge in [-0.25, -0.2) is 4.98 Å². The minimum absolute atomic E-state index is 0.0336. The Morgan fingerprint density at radius 2 is 2.09 bits per heavy atom. The highest BCUT2D eigenvalue weighted by atomic mass is 16.5. The summed E-state index contributed by atoms with van der Waals surface area (Å²) in [6.45, 7) is 4.99. The van der Waals surface area contributed by atoms with E-state index in [2.05, 4.69) is 17.2 Å². The van der Waals surface area contributed by atoms with E-state index in [1.807, 2.05) is 13.0 Å². The van der Waals surface area contributed by atoms with Gasteiger partial charge in [0.2, 0.25) is 5.88 Å². The van der Waals surface area contributed by atoms with Crippen LogP contribution in [-0.4, -0.2) is 30.2 Å². The molecule has 0 spiro atoms. The van der Waals surface area contributed by atoms with E-state index in [9.17, 15) is 4.79 Å². The number of nitrogen functional groups attached to an aromatic ring is 1. The number of anilines is 2. The molecule has 0 amide bonds. The molecule has 6 nitrogen and oxygen atoms in total. The average molecular weight is 321 g/mol. The van der Waals surface area contributed by atoms with Gasteiger partial charge in [0.1, 0.15) is 0 Å². The van der Waals surface area contributed by atoms with Crippen LogP contribution in [0.25, 0.3) is 0 Å². The number of esters is 1. The fraction of sp³-hybridized carbons (Fsp3) is 0.647. The minimum atomic E-state index is -0.0652. The van der Waals surface area contributed by atoms with Gasteiger partial charge in [-0.05, 0) is 39.0 Å². The smallest absolute Gasteiger partial charge is 0.308 e. The molecule has 0 radical (unpaired) electrons. The maximum Gasteiger partial charge on any atom is 0.308 e. The summed E-state index contributed by atoms with van der Waals surface area (Å²) in [5, 5.41) is 3.46. The largest absolute Gasteiger partial charge is 0.478 e. The molecular formula is C17H27N3O3. The molecule has 0 aromatic carbocycles. The Bertz CT molecular complexity index is 514. The van der Waals surface area contributed by atoms with Crippen LogP contribution < -0.4 is 15.8 Å². The van der Waals surface area contributed by atoms with E-state index < -0.39 is 0 Å². The van der Waals surface area contributed by atoms with Gasteiger partial charge >= 0.3 is 5.97 Å². The molecule has 1 aromatic heterocycles. The Morgan fingerprint density at radius 1 is 1.35 bits per heavy atom. The second-order valence-electron chi connectivity index (χ2n) is 5.90. The van der Waals surface area contributed by atoms with Crippen molar-refractivity contribution in [3.8, 4) is 5.88 Å². The number of carbonyl (C=O) groups excluding carboxylic acids is 1. The Morgan fingerprint density at radius 3 is 2.74 bits per heavy atom. The molecule has 3 N–H and O–H groups in total. The molecule has 2 rings (SSSR count). The first-order valence-electron chi connectivity index (χ1n) is 8.45. The second kappa shape index (κ2) is 8.60. The number of rotatable bonds is 7. The molecule has 0 saturated heterocycles. The fourth-order valence-corrected chi connectivity index (χ4v) is 2.81. The Kier molecular flexibility index (Phi) is 6.50. The van der Waals surface area contributed by atoms with E-state index in [-0.39, 0.29) is 11.9 Å². The molecule has 1 aliphatic carbocycles. The molecule has 1 saturated carbocycles. The summed E-state index contributed by atoms with van der Waals surface area (Å²) in [7, 11) is 0. The lowest BCUT2D eigenvalue weighted by Crippen LogP contribution is -2.30. The van der Waals surface area contributed by atoms with E-state index in [0.29, 0.717) is 30.8 Å². The lowest BCUT2D eigenvalue weighted by Gasteiger charge is -2.29. The van der Waals surface area contributed by atoms with E-state index in [1.54, 1.807) is 6.20 Å². The third kappa shape index (κ3) is 5.01. The summed E-state index contributed by atoms with van der Waals surface area (Å²) in [5.74, 6) is 0.555. The van der Waals surface area contributed by atoms with Crippen LogP contribution in [0.15, 0.2) is 12.3 Å². The van der Waals surface area contributed by atoms with Gasteiger partial charge in [0.15, 0.2) is 0 Å². The topological polar surface area (TPSA) is 86.5 Å². The predicted molar refractivity (Wildman–Crippen MR) is 90.4 cm³/mol. The average Bonchev–Trinajstić information content (AvgIpc) is 2.56. The molecule has 23 heavy (non-hydrogen) atoms. The number of nitrogens with two attached hydrogens (primary N) is 1. The molecule has 1 aromatic rings. The van der Waals surface area contributed by atoms with Crippen molar-refractivity contribution in [1.82, 2.24) is 4.98 Å². The van der Waals surface area contributed by atoms with E-state index in [1.165, 1.54) is 0 Å². The lowest BCUT2D eigenvalue weighted by molar-refractivity contribution is -0.149. The summed E-state index contributed by atoms with van der Waals surface area (Å²) >= 11 is 0. The van der Waals surface area contributed by atoms with Gasteiger partial charge in [0.05, 0.1) is 36.7 Å². The van der Waals surface area contributed by atoms with Crippen LogP contribution in [0, 0.1) is 5.92 Å². The monoisotopic (exact) mass is 321 g/mol. The number of pyridine rings is 1. The van der Waals surface area contributed by atoms with Crippen LogP contribution in [0.3, 0.4) is 0 Å². The van der Waals surface area contributed by atoms with Crippen molar-refractivity contribution in [2.45, 2.75) is 52.0 Å².